The number of rotatable bonds is 5. The van der Waals surface area contributed by atoms with Gasteiger partial charge in [-0.05, 0) is 42.5 Å². The average Bonchev–Trinajstić information content (AvgIpc) is 2.75. The van der Waals surface area contributed by atoms with Crippen molar-refractivity contribution in [2.45, 2.75) is 11.8 Å². The van der Waals surface area contributed by atoms with Crippen molar-refractivity contribution in [3.05, 3.63) is 77.8 Å². The number of hydrogen-bond donors (Lipinski definition) is 0. The molecule has 0 saturated heterocycles. The maximum absolute atomic E-state index is 14.7. The normalized spacial score (nSPS) is 11.6. The molecular weight excluding hydrogens is 427 g/mol. The van der Waals surface area contributed by atoms with Crippen LogP contribution in [0.5, 0.6) is 11.5 Å². The van der Waals surface area contributed by atoms with E-state index < -0.39 is 15.7 Å². The molecule has 0 N–H and O–H groups in total. The van der Waals surface area contributed by atoms with Crippen LogP contribution >= 0.6 is 11.6 Å². The van der Waals surface area contributed by atoms with E-state index >= 15 is 0 Å². The van der Waals surface area contributed by atoms with Gasteiger partial charge in [0.25, 0.3) is 0 Å². The number of sulfone groups is 1. The molecule has 4 rings (SSSR count). The SMILES string of the molecule is CCS(=O)(=O)c1cccc(Oc2ccc(F)c(-c3ncnc4c(Cl)cccc34)c2)c1. The topological polar surface area (TPSA) is 69.2 Å². The summed E-state index contributed by atoms with van der Waals surface area (Å²) < 4.78 is 44.7. The number of para-hydroxylation sites is 1. The first-order chi connectivity index (χ1) is 14.4. The van der Waals surface area contributed by atoms with Crippen molar-refractivity contribution < 1.29 is 17.5 Å². The molecule has 0 radical (unpaired) electrons. The van der Waals surface area contributed by atoms with Crippen molar-refractivity contribution in [3.63, 3.8) is 0 Å². The quantitative estimate of drug-likeness (QED) is 0.398. The monoisotopic (exact) mass is 442 g/mol. The number of ether oxygens (including phenoxy) is 1. The Morgan fingerprint density at radius 3 is 2.57 bits per heavy atom. The van der Waals surface area contributed by atoms with Gasteiger partial charge in [-0.2, -0.15) is 0 Å². The van der Waals surface area contributed by atoms with Crippen molar-refractivity contribution >= 4 is 32.3 Å². The molecule has 0 atom stereocenters. The first-order valence-electron chi connectivity index (χ1n) is 9.09. The first kappa shape index (κ1) is 20.3. The molecule has 0 amide bonds. The van der Waals surface area contributed by atoms with E-state index in [9.17, 15) is 12.8 Å². The van der Waals surface area contributed by atoms with Gasteiger partial charge in [0.1, 0.15) is 23.6 Å². The first-order valence-corrected chi connectivity index (χ1v) is 11.1. The molecule has 0 spiro atoms. The Kier molecular flexibility index (Phi) is 5.40. The van der Waals surface area contributed by atoms with Crippen molar-refractivity contribution in [2.75, 3.05) is 5.75 Å². The third-order valence-electron chi connectivity index (χ3n) is 4.59. The highest BCUT2D eigenvalue weighted by Crippen LogP contribution is 2.34. The summed E-state index contributed by atoms with van der Waals surface area (Å²) in [5.74, 6) is 0.175. The van der Waals surface area contributed by atoms with E-state index in [-0.39, 0.29) is 16.2 Å². The molecule has 0 saturated carbocycles. The Bertz CT molecular complexity index is 1360. The minimum Gasteiger partial charge on any atom is -0.457 e. The Hall–Kier alpha value is -3.03. The van der Waals surface area contributed by atoms with Gasteiger partial charge >= 0.3 is 0 Å². The number of hydrogen-bond acceptors (Lipinski definition) is 5. The average molecular weight is 443 g/mol. The van der Waals surface area contributed by atoms with Crippen LogP contribution in [0.3, 0.4) is 0 Å². The second-order valence-corrected chi connectivity index (χ2v) is 9.17. The molecule has 1 aromatic heterocycles. The number of nitrogens with zero attached hydrogens (tertiary/aromatic N) is 2. The van der Waals surface area contributed by atoms with E-state index in [2.05, 4.69) is 9.97 Å². The van der Waals surface area contributed by atoms with E-state index in [1.807, 2.05) is 0 Å². The van der Waals surface area contributed by atoms with E-state index in [1.165, 1.54) is 36.7 Å². The minimum absolute atomic E-state index is 0.0134. The smallest absolute Gasteiger partial charge is 0.178 e. The lowest BCUT2D eigenvalue weighted by molar-refractivity contribution is 0.479. The number of halogens is 2. The van der Waals surface area contributed by atoms with Crippen LogP contribution in [-0.2, 0) is 9.84 Å². The zero-order valence-corrected chi connectivity index (χ0v) is 17.4. The summed E-state index contributed by atoms with van der Waals surface area (Å²) in [6, 6.07) is 15.7. The van der Waals surface area contributed by atoms with Crippen LogP contribution in [0.4, 0.5) is 4.39 Å². The molecule has 4 aromatic rings. The predicted octanol–water partition coefficient (Wildman–Crippen LogP) is 5.68. The standard InChI is InChI=1S/C22H16ClFN2O3S/c1-2-30(27,28)16-6-3-5-14(11-16)29-15-9-10-20(24)18(12-15)21-17-7-4-8-19(23)22(17)26-13-25-21/h3-13H,2H2,1H3. The highest BCUT2D eigenvalue weighted by Gasteiger charge is 2.15. The zero-order chi connectivity index (χ0) is 21.3. The third-order valence-corrected chi connectivity index (χ3v) is 6.63. The van der Waals surface area contributed by atoms with Crippen LogP contribution in [0.1, 0.15) is 6.92 Å². The Morgan fingerprint density at radius 2 is 1.77 bits per heavy atom. The minimum atomic E-state index is -3.37. The highest BCUT2D eigenvalue weighted by atomic mass is 35.5. The van der Waals surface area contributed by atoms with Crippen LogP contribution < -0.4 is 4.74 Å². The van der Waals surface area contributed by atoms with Crippen LogP contribution in [0.25, 0.3) is 22.2 Å². The molecule has 0 aliphatic carbocycles. The number of aromatic nitrogens is 2. The Balaban J connectivity index is 1.76. The molecule has 0 unspecified atom stereocenters. The van der Waals surface area contributed by atoms with E-state index in [0.29, 0.717) is 33.1 Å². The molecule has 3 aromatic carbocycles. The fourth-order valence-electron chi connectivity index (χ4n) is 3.05. The second-order valence-electron chi connectivity index (χ2n) is 6.48. The molecule has 8 heteroatoms. The largest absolute Gasteiger partial charge is 0.457 e. The summed E-state index contributed by atoms with van der Waals surface area (Å²) in [6.07, 6.45) is 1.33. The van der Waals surface area contributed by atoms with Gasteiger partial charge < -0.3 is 4.74 Å². The Labute approximate surface area is 178 Å². The van der Waals surface area contributed by atoms with Gasteiger partial charge in [0.2, 0.25) is 0 Å². The van der Waals surface area contributed by atoms with Crippen LogP contribution in [0.2, 0.25) is 5.02 Å². The van der Waals surface area contributed by atoms with Crippen molar-refractivity contribution in [2.24, 2.45) is 0 Å². The van der Waals surface area contributed by atoms with Gasteiger partial charge in [0.15, 0.2) is 9.84 Å². The zero-order valence-electron chi connectivity index (χ0n) is 15.8. The maximum atomic E-state index is 14.7. The molecule has 1 heterocycles. The molecule has 152 valence electrons. The van der Waals surface area contributed by atoms with Crippen molar-refractivity contribution in [3.8, 4) is 22.8 Å². The summed E-state index contributed by atoms with van der Waals surface area (Å²) in [4.78, 5) is 8.58. The predicted molar refractivity (Wildman–Crippen MR) is 114 cm³/mol. The molecule has 0 bridgehead atoms. The summed E-state index contributed by atoms with van der Waals surface area (Å²) in [6.45, 7) is 1.58. The van der Waals surface area contributed by atoms with Gasteiger partial charge in [0, 0.05) is 10.9 Å². The highest BCUT2D eigenvalue weighted by molar-refractivity contribution is 7.91. The lowest BCUT2D eigenvalue weighted by Gasteiger charge is -2.11. The molecule has 0 aliphatic rings. The van der Waals surface area contributed by atoms with E-state index in [0.717, 1.165) is 0 Å². The van der Waals surface area contributed by atoms with E-state index in [4.69, 9.17) is 16.3 Å². The number of fused-ring (bicyclic) bond motifs is 1. The molecule has 0 aliphatic heterocycles. The van der Waals surface area contributed by atoms with Gasteiger partial charge in [-0.1, -0.05) is 36.7 Å². The van der Waals surface area contributed by atoms with Crippen LogP contribution in [-0.4, -0.2) is 24.1 Å². The number of benzene rings is 3. The van der Waals surface area contributed by atoms with Crippen molar-refractivity contribution in [1.29, 1.82) is 0 Å². The lowest BCUT2D eigenvalue weighted by Crippen LogP contribution is -2.03. The molecular formula is C22H16ClFN2O3S. The van der Waals surface area contributed by atoms with Crippen LogP contribution in [0, 0.1) is 5.82 Å². The van der Waals surface area contributed by atoms with Crippen LogP contribution in [0.15, 0.2) is 71.9 Å². The fraction of sp³-hybridized carbons (Fsp3) is 0.0909. The summed E-state index contributed by atoms with van der Waals surface area (Å²) in [7, 11) is -3.37. The second kappa shape index (κ2) is 8.01. The van der Waals surface area contributed by atoms with Gasteiger partial charge in [-0.25, -0.2) is 22.8 Å². The summed E-state index contributed by atoms with van der Waals surface area (Å²) >= 11 is 6.20. The lowest BCUT2D eigenvalue weighted by atomic mass is 10.1. The molecule has 30 heavy (non-hydrogen) atoms. The van der Waals surface area contributed by atoms with Gasteiger partial charge in [-0.15, -0.1) is 0 Å². The summed E-state index contributed by atoms with van der Waals surface area (Å²) in [5, 5.41) is 1.05. The Morgan fingerprint density at radius 1 is 1.00 bits per heavy atom. The maximum Gasteiger partial charge on any atom is 0.178 e. The van der Waals surface area contributed by atoms with Gasteiger partial charge in [-0.3, -0.25) is 0 Å². The summed E-state index contributed by atoms with van der Waals surface area (Å²) in [5.41, 5.74) is 1.12. The van der Waals surface area contributed by atoms with Crippen molar-refractivity contribution in [1.82, 2.24) is 9.97 Å². The fourth-order valence-corrected chi connectivity index (χ4v) is 4.19. The molecule has 5 nitrogen and oxygen atoms in total. The molecule has 0 fully saturated rings. The van der Waals surface area contributed by atoms with E-state index in [1.54, 1.807) is 37.3 Å². The van der Waals surface area contributed by atoms with Gasteiger partial charge in [0.05, 0.1) is 26.9 Å². The third kappa shape index (κ3) is 3.86.